The number of para-hydroxylation sites is 1. The van der Waals surface area contributed by atoms with Gasteiger partial charge >= 0.3 is 0 Å². The van der Waals surface area contributed by atoms with Crippen molar-refractivity contribution in [1.29, 1.82) is 0 Å². The Morgan fingerprint density at radius 2 is 1.63 bits per heavy atom. The molecule has 0 fully saturated rings. The third-order valence-corrected chi connectivity index (χ3v) is 3.40. The highest BCUT2D eigenvalue weighted by Gasteiger charge is 2.08. The molecule has 0 radical (unpaired) electrons. The van der Waals surface area contributed by atoms with Crippen molar-refractivity contribution in [1.82, 2.24) is 16.2 Å². The van der Waals surface area contributed by atoms with E-state index in [1.54, 1.807) is 0 Å². The van der Waals surface area contributed by atoms with Crippen molar-refractivity contribution in [2.45, 2.75) is 0 Å². The van der Waals surface area contributed by atoms with Crippen LogP contribution in [0.3, 0.4) is 0 Å². The molecule has 0 aliphatic heterocycles. The minimum atomic E-state index is -0.523. The number of hydrogen-bond donors (Lipinski definition) is 4. The number of amides is 1. The Hall–Kier alpha value is -3.31. The van der Waals surface area contributed by atoms with Crippen LogP contribution in [0.5, 0.6) is 5.75 Å². The molecule has 9 nitrogen and oxygen atoms in total. The first-order valence-electron chi connectivity index (χ1n) is 7.53. The zero-order valence-electron chi connectivity index (χ0n) is 13.8. The molecule has 0 unspecified atom stereocenters. The van der Waals surface area contributed by atoms with Gasteiger partial charge in [0.25, 0.3) is 11.6 Å². The van der Waals surface area contributed by atoms with Crippen LogP contribution in [0.4, 0.5) is 11.4 Å². The van der Waals surface area contributed by atoms with Crippen LogP contribution in [0, 0.1) is 10.1 Å². The lowest BCUT2D eigenvalue weighted by molar-refractivity contribution is -0.384. The Bertz CT molecular complexity index is 830. The van der Waals surface area contributed by atoms with Crippen LogP contribution in [-0.2, 0) is 4.79 Å². The van der Waals surface area contributed by atoms with E-state index >= 15 is 0 Å². The van der Waals surface area contributed by atoms with E-state index in [-0.39, 0.29) is 22.5 Å². The molecule has 0 aromatic heterocycles. The van der Waals surface area contributed by atoms with Crippen molar-refractivity contribution in [2.24, 2.45) is 0 Å². The Balaban J connectivity index is 1.68. The van der Waals surface area contributed by atoms with Crippen LogP contribution in [0.15, 0.2) is 54.6 Å². The van der Waals surface area contributed by atoms with Crippen LogP contribution < -0.4 is 26.2 Å². The molecule has 2 rings (SSSR count). The maximum absolute atomic E-state index is 11.8. The maximum Gasteiger partial charge on any atom is 0.269 e. The smallest absolute Gasteiger partial charge is 0.269 e. The number of rotatable bonds is 5. The predicted octanol–water partition coefficient (Wildman–Crippen LogP) is 1.87. The van der Waals surface area contributed by atoms with Gasteiger partial charge in [0.1, 0.15) is 5.75 Å². The van der Waals surface area contributed by atoms with E-state index in [1.165, 1.54) is 24.3 Å². The third kappa shape index (κ3) is 7.22. The summed E-state index contributed by atoms with van der Waals surface area (Å²) in [6, 6.07) is 14.6. The Kier molecular flexibility index (Phi) is 7.40. The van der Waals surface area contributed by atoms with Gasteiger partial charge in [0.15, 0.2) is 16.8 Å². The van der Waals surface area contributed by atoms with Gasteiger partial charge in [0.2, 0.25) is 0 Å². The molecule has 4 N–H and O–H groups in total. The number of non-ortho nitro benzene ring substituents is 1. The molecule has 0 saturated heterocycles. The first kappa shape index (κ1) is 20.0. The number of nitro groups is 1. The van der Waals surface area contributed by atoms with Crippen LogP contribution in [0.2, 0.25) is 0 Å². The minimum Gasteiger partial charge on any atom is -0.484 e. The summed E-state index contributed by atoms with van der Waals surface area (Å²) in [5, 5.41) is 16.2. The summed E-state index contributed by atoms with van der Waals surface area (Å²) >= 11 is 10.0. The van der Waals surface area contributed by atoms with Gasteiger partial charge in [-0.1, -0.05) is 18.2 Å². The maximum atomic E-state index is 11.8. The highest BCUT2D eigenvalue weighted by Crippen LogP contribution is 2.16. The van der Waals surface area contributed by atoms with Gasteiger partial charge in [0.05, 0.1) is 4.92 Å². The number of hydrogen-bond acceptors (Lipinski definition) is 6. The van der Waals surface area contributed by atoms with Gasteiger partial charge in [-0.25, -0.2) is 0 Å². The molecule has 2 aromatic rings. The number of carbonyl (C=O) groups excluding carboxylic acids is 1. The molecule has 11 heteroatoms. The van der Waals surface area contributed by atoms with Gasteiger partial charge in [-0.2, -0.15) is 0 Å². The topological polar surface area (TPSA) is 118 Å². The average Bonchev–Trinajstić information content (AvgIpc) is 2.66. The summed E-state index contributed by atoms with van der Waals surface area (Å²) < 4.78 is 5.23. The molecule has 1 amide bonds. The highest BCUT2D eigenvalue weighted by atomic mass is 32.1. The molecule has 27 heavy (non-hydrogen) atoms. The zero-order valence-corrected chi connectivity index (χ0v) is 15.4. The number of carbonyl (C=O) groups is 1. The average molecular weight is 405 g/mol. The predicted molar refractivity (Wildman–Crippen MR) is 108 cm³/mol. The molecule has 2 aromatic carbocycles. The number of nitro benzene ring substituents is 1. The van der Waals surface area contributed by atoms with Gasteiger partial charge in [-0.05, 0) is 48.7 Å². The normalized spacial score (nSPS) is 9.63. The van der Waals surface area contributed by atoms with Crippen molar-refractivity contribution in [3.05, 3.63) is 64.7 Å². The van der Waals surface area contributed by atoms with E-state index in [4.69, 9.17) is 29.2 Å². The van der Waals surface area contributed by atoms with Crippen LogP contribution in [0.1, 0.15) is 0 Å². The second-order valence-electron chi connectivity index (χ2n) is 4.99. The SMILES string of the molecule is O=C(COc1ccc([N+](=O)[O-])cc1)NC(=S)NNC(=S)Nc1ccccc1. The standard InChI is InChI=1S/C16H15N5O4S2/c22-14(10-25-13-8-6-12(7-9-13)21(23)24)18-16(27)20-19-15(26)17-11-4-2-1-3-5-11/h1-9H,10H2,(H2,17,19,26)(H2,18,20,22,27). The molecule has 0 saturated carbocycles. The Labute approximate surface area is 165 Å². The van der Waals surface area contributed by atoms with Gasteiger partial charge in [0, 0.05) is 17.8 Å². The summed E-state index contributed by atoms with van der Waals surface area (Å²) in [6.07, 6.45) is 0. The summed E-state index contributed by atoms with van der Waals surface area (Å²) in [7, 11) is 0. The van der Waals surface area contributed by atoms with Crippen LogP contribution in [0.25, 0.3) is 0 Å². The van der Waals surface area contributed by atoms with E-state index < -0.39 is 10.8 Å². The summed E-state index contributed by atoms with van der Waals surface area (Å²) in [5.74, 6) is -0.185. The first-order valence-corrected chi connectivity index (χ1v) is 8.35. The molecular weight excluding hydrogens is 390 g/mol. The van der Waals surface area contributed by atoms with E-state index in [9.17, 15) is 14.9 Å². The number of anilines is 1. The summed E-state index contributed by atoms with van der Waals surface area (Å²) in [6.45, 7) is -0.313. The highest BCUT2D eigenvalue weighted by molar-refractivity contribution is 7.80. The van der Waals surface area contributed by atoms with Crippen molar-refractivity contribution in [3.8, 4) is 5.75 Å². The van der Waals surface area contributed by atoms with E-state index in [0.717, 1.165) is 5.69 Å². The lowest BCUT2D eigenvalue weighted by Crippen LogP contribution is -2.50. The number of hydrazine groups is 1. The van der Waals surface area contributed by atoms with Crippen molar-refractivity contribution in [3.63, 3.8) is 0 Å². The van der Waals surface area contributed by atoms with Gasteiger partial charge in [-0.3, -0.25) is 31.1 Å². The van der Waals surface area contributed by atoms with Crippen LogP contribution in [-0.4, -0.2) is 27.7 Å². The molecule has 140 valence electrons. The third-order valence-electron chi connectivity index (χ3n) is 2.99. The fraction of sp³-hybridized carbons (Fsp3) is 0.0625. The number of nitrogens with zero attached hydrogens (tertiary/aromatic N) is 1. The summed E-state index contributed by atoms with van der Waals surface area (Å²) in [4.78, 5) is 21.8. The lowest BCUT2D eigenvalue weighted by atomic mass is 10.3. The second kappa shape index (κ2) is 9.99. The molecule has 0 atom stereocenters. The minimum absolute atomic E-state index is 0.00418. The lowest BCUT2D eigenvalue weighted by Gasteiger charge is -2.13. The van der Waals surface area contributed by atoms with Gasteiger partial charge < -0.3 is 10.1 Å². The quantitative estimate of drug-likeness (QED) is 0.336. The fourth-order valence-electron chi connectivity index (χ4n) is 1.80. The second-order valence-corrected chi connectivity index (χ2v) is 5.80. The number of nitrogens with one attached hydrogen (secondary N) is 4. The van der Waals surface area contributed by atoms with Crippen molar-refractivity contribution in [2.75, 3.05) is 11.9 Å². The van der Waals surface area contributed by atoms with Gasteiger partial charge in [-0.15, -0.1) is 0 Å². The molecule has 0 aliphatic carbocycles. The Morgan fingerprint density at radius 3 is 2.26 bits per heavy atom. The van der Waals surface area contributed by atoms with Crippen LogP contribution >= 0.6 is 24.4 Å². The molecular formula is C16H15N5O4S2. The number of ether oxygens (including phenoxy) is 1. The summed E-state index contributed by atoms with van der Waals surface area (Å²) in [5.41, 5.74) is 5.93. The number of thiocarbonyl (C=S) groups is 2. The van der Waals surface area contributed by atoms with Crippen molar-refractivity contribution < 1.29 is 14.5 Å². The van der Waals surface area contributed by atoms with E-state index in [2.05, 4.69) is 21.5 Å². The molecule has 0 spiro atoms. The largest absolute Gasteiger partial charge is 0.484 e. The molecule has 0 bridgehead atoms. The fourth-order valence-corrected chi connectivity index (χ4v) is 2.14. The monoisotopic (exact) mass is 405 g/mol. The first-order chi connectivity index (χ1) is 12.9. The van der Waals surface area contributed by atoms with E-state index in [1.807, 2.05) is 30.3 Å². The molecule has 0 aliphatic rings. The Morgan fingerprint density at radius 1 is 1.00 bits per heavy atom. The number of benzene rings is 2. The van der Waals surface area contributed by atoms with E-state index in [0.29, 0.717) is 5.75 Å². The molecule has 0 heterocycles. The zero-order chi connectivity index (χ0) is 19.6. The van der Waals surface area contributed by atoms with Crippen molar-refractivity contribution >= 4 is 51.9 Å².